The Morgan fingerprint density at radius 3 is 2.21 bits per heavy atom. The number of benzene rings is 2. The maximum atomic E-state index is 6.00. The number of hydrogen-bond donors (Lipinski definition) is 2. The van der Waals surface area contributed by atoms with Crippen molar-refractivity contribution in [2.45, 2.75) is 26.2 Å². The van der Waals surface area contributed by atoms with Crippen molar-refractivity contribution in [3.63, 3.8) is 0 Å². The van der Waals surface area contributed by atoms with E-state index in [4.69, 9.17) is 17.3 Å². The normalized spacial score (nSPS) is 11.4. The van der Waals surface area contributed by atoms with Gasteiger partial charge in [-0.05, 0) is 35.2 Å². The van der Waals surface area contributed by atoms with E-state index in [0.29, 0.717) is 10.7 Å². The lowest BCUT2D eigenvalue weighted by Gasteiger charge is -2.19. The molecule has 0 aromatic heterocycles. The second-order valence-electron chi connectivity index (χ2n) is 5.65. The van der Waals surface area contributed by atoms with Crippen LogP contribution in [0.3, 0.4) is 0 Å². The van der Waals surface area contributed by atoms with Gasteiger partial charge in [-0.25, -0.2) is 0 Å². The van der Waals surface area contributed by atoms with Crippen LogP contribution >= 0.6 is 11.6 Å². The quantitative estimate of drug-likeness (QED) is 0.759. The molecule has 3 N–H and O–H groups in total. The van der Waals surface area contributed by atoms with Gasteiger partial charge in [-0.2, -0.15) is 0 Å². The largest absolute Gasteiger partial charge is 0.396 e. The molecule has 0 spiro atoms. The highest BCUT2D eigenvalue weighted by Gasteiger charge is 2.13. The lowest BCUT2D eigenvalue weighted by Crippen LogP contribution is -2.10. The highest BCUT2D eigenvalue weighted by Crippen LogP contribution is 2.30. The zero-order valence-electron chi connectivity index (χ0n) is 11.5. The third kappa shape index (κ3) is 3.21. The van der Waals surface area contributed by atoms with Crippen LogP contribution in [0.4, 0.5) is 17.1 Å². The molecule has 0 heterocycles. The molecule has 100 valence electrons. The first kappa shape index (κ1) is 13.8. The summed E-state index contributed by atoms with van der Waals surface area (Å²) in [6.07, 6.45) is 0. The Bertz CT molecular complexity index is 568. The van der Waals surface area contributed by atoms with E-state index >= 15 is 0 Å². The number of anilines is 3. The summed E-state index contributed by atoms with van der Waals surface area (Å²) in [4.78, 5) is 0. The van der Waals surface area contributed by atoms with E-state index < -0.39 is 0 Å². The number of nitrogens with two attached hydrogens (primary N) is 1. The van der Waals surface area contributed by atoms with Gasteiger partial charge in [0.1, 0.15) is 0 Å². The van der Waals surface area contributed by atoms with Crippen LogP contribution in [0.5, 0.6) is 0 Å². The second-order valence-corrected chi connectivity index (χ2v) is 6.06. The minimum Gasteiger partial charge on any atom is -0.396 e. The van der Waals surface area contributed by atoms with Crippen LogP contribution in [0.25, 0.3) is 0 Å². The summed E-state index contributed by atoms with van der Waals surface area (Å²) in [7, 11) is 0. The minimum atomic E-state index is 0.160. The molecule has 0 radical (unpaired) electrons. The van der Waals surface area contributed by atoms with Crippen LogP contribution in [-0.2, 0) is 5.41 Å². The van der Waals surface area contributed by atoms with E-state index in [2.05, 4.69) is 50.4 Å². The summed E-state index contributed by atoms with van der Waals surface area (Å²) >= 11 is 6.00. The van der Waals surface area contributed by atoms with Crippen molar-refractivity contribution < 1.29 is 0 Å². The first-order valence-corrected chi connectivity index (χ1v) is 6.67. The minimum absolute atomic E-state index is 0.160. The predicted molar refractivity (Wildman–Crippen MR) is 84.3 cm³/mol. The summed E-state index contributed by atoms with van der Waals surface area (Å²) in [5, 5.41) is 3.85. The Hall–Kier alpha value is -1.67. The third-order valence-corrected chi connectivity index (χ3v) is 3.41. The van der Waals surface area contributed by atoms with Gasteiger partial charge in [0, 0.05) is 5.69 Å². The van der Waals surface area contributed by atoms with Gasteiger partial charge in [0.05, 0.1) is 16.4 Å². The van der Waals surface area contributed by atoms with E-state index in [1.165, 1.54) is 5.56 Å². The maximum Gasteiger partial charge on any atom is 0.0742 e. The van der Waals surface area contributed by atoms with Crippen LogP contribution in [0.1, 0.15) is 26.3 Å². The second kappa shape index (κ2) is 5.14. The average Bonchev–Trinajstić information content (AvgIpc) is 2.35. The number of halogens is 1. The van der Waals surface area contributed by atoms with Crippen LogP contribution in [0.15, 0.2) is 42.5 Å². The van der Waals surface area contributed by atoms with Gasteiger partial charge >= 0.3 is 0 Å². The Morgan fingerprint density at radius 1 is 1.00 bits per heavy atom. The molecule has 2 aromatic carbocycles. The fourth-order valence-electron chi connectivity index (χ4n) is 1.86. The molecule has 0 saturated heterocycles. The molecular formula is C16H19ClN2. The average molecular weight is 275 g/mol. The van der Waals surface area contributed by atoms with E-state index in [9.17, 15) is 0 Å². The van der Waals surface area contributed by atoms with E-state index in [1.54, 1.807) is 6.07 Å². The molecule has 0 saturated carbocycles. The van der Waals surface area contributed by atoms with E-state index in [-0.39, 0.29) is 5.41 Å². The first-order valence-electron chi connectivity index (χ1n) is 6.29. The summed E-state index contributed by atoms with van der Waals surface area (Å²) in [5.41, 5.74) is 9.80. The van der Waals surface area contributed by atoms with E-state index in [0.717, 1.165) is 11.4 Å². The summed E-state index contributed by atoms with van der Waals surface area (Å²) in [6, 6.07) is 13.9. The van der Waals surface area contributed by atoms with Crippen molar-refractivity contribution in [1.82, 2.24) is 0 Å². The van der Waals surface area contributed by atoms with Crippen molar-refractivity contribution >= 4 is 28.7 Å². The van der Waals surface area contributed by atoms with Crippen molar-refractivity contribution in [2.75, 3.05) is 11.1 Å². The third-order valence-electron chi connectivity index (χ3n) is 3.08. The fraction of sp³-hybridized carbons (Fsp3) is 0.250. The number of nitrogens with one attached hydrogen (secondary N) is 1. The number of hydrogen-bond acceptors (Lipinski definition) is 2. The highest BCUT2D eigenvalue weighted by atomic mass is 35.5. The van der Waals surface area contributed by atoms with Gasteiger partial charge in [0.15, 0.2) is 0 Å². The molecule has 3 heteroatoms. The Balaban J connectivity index is 2.23. The van der Waals surface area contributed by atoms with Crippen LogP contribution < -0.4 is 11.1 Å². The molecule has 0 fully saturated rings. The predicted octanol–water partition coefficient (Wildman–Crippen LogP) is 4.96. The van der Waals surface area contributed by atoms with Gasteiger partial charge < -0.3 is 11.1 Å². The van der Waals surface area contributed by atoms with Gasteiger partial charge in [-0.3, -0.25) is 0 Å². The van der Waals surface area contributed by atoms with Gasteiger partial charge in [-0.15, -0.1) is 0 Å². The Kier molecular flexibility index (Phi) is 3.72. The molecule has 0 aliphatic rings. The molecule has 0 unspecified atom stereocenters. The van der Waals surface area contributed by atoms with Gasteiger partial charge in [0.25, 0.3) is 0 Å². The Labute approximate surface area is 119 Å². The lowest BCUT2D eigenvalue weighted by molar-refractivity contribution is 0.590. The maximum absolute atomic E-state index is 6.00. The van der Waals surface area contributed by atoms with Crippen molar-refractivity contribution in [2.24, 2.45) is 0 Å². The van der Waals surface area contributed by atoms with Crippen molar-refractivity contribution in [3.8, 4) is 0 Å². The number of rotatable bonds is 2. The summed E-state index contributed by atoms with van der Waals surface area (Å²) in [6.45, 7) is 6.60. The molecule has 0 amide bonds. The molecule has 0 aliphatic carbocycles. The van der Waals surface area contributed by atoms with Gasteiger partial charge in [-0.1, -0.05) is 50.6 Å². The molecule has 2 nitrogen and oxygen atoms in total. The molecule has 19 heavy (non-hydrogen) atoms. The number of nitrogen functional groups attached to an aromatic ring is 1. The topological polar surface area (TPSA) is 38.0 Å². The summed E-state index contributed by atoms with van der Waals surface area (Å²) < 4.78 is 0. The van der Waals surface area contributed by atoms with Crippen LogP contribution in [0, 0.1) is 0 Å². The highest BCUT2D eigenvalue weighted by molar-refractivity contribution is 6.33. The number of para-hydroxylation sites is 1. The van der Waals surface area contributed by atoms with Crippen LogP contribution in [0.2, 0.25) is 5.02 Å². The standard InChI is InChI=1S/C16H19ClN2/c1-16(2,3)11-7-9-12(10-8-11)19-14-6-4-5-13(17)15(14)18/h4-10,19H,18H2,1-3H3. The SMILES string of the molecule is CC(C)(C)c1ccc(Nc2cccc(Cl)c2N)cc1. The van der Waals surface area contributed by atoms with Crippen LogP contribution in [-0.4, -0.2) is 0 Å². The zero-order chi connectivity index (χ0) is 14.0. The molecule has 0 aliphatic heterocycles. The molecule has 2 aromatic rings. The van der Waals surface area contributed by atoms with Crippen molar-refractivity contribution in [3.05, 3.63) is 53.1 Å². The zero-order valence-corrected chi connectivity index (χ0v) is 12.3. The molecule has 2 rings (SSSR count). The van der Waals surface area contributed by atoms with Gasteiger partial charge in [0.2, 0.25) is 0 Å². The van der Waals surface area contributed by atoms with E-state index in [1.807, 2.05) is 12.1 Å². The molecular weight excluding hydrogens is 256 g/mol. The summed E-state index contributed by atoms with van der Waals surface area (Å²) in [5.74, 6) is 0. The monoisotopic (exact) mass is 274 g/mol. The smallest absolute Gasteiger partial charge is 0.0742 e. The van der Waals surface area contributed by atoms with Crippen molar-refractivity contribution in [1.29, 1.82) is 0 Å². The molecule has 0 atom stereocenters. The fourth-order valence-corrected chi connectivity index (χ4v) is 2.03. The lowest BCUT2D eigenvalue weighted by atomic mass is 9.87. The molecule has 0 bridgehead atoms. The first-order chi connectivity index (χ1) is 8.88. The Morgan fingerprint density at radius 2 is 1.63 bits per heavy atom.